The molecule has 1 atom stereocenters. The van der Waals surface area contributed by atoms with E-state index in [1.165, 1.54) is 4.90 Å². The predicted octanol–water partition coefficient (Wildman–Crippen LogP) is 3.37. The van der Waals surface area contributed by atoms with Gasteiger partial charge in [0.1, 0.15) is 6.04 Å². The van der Waals surface area contributed by atoms with Gasteiger partial charge in [-0.25, -0.2) is 14.6 Å². The summed E-state index contributed by atoms with van der Waals surface area (Å²) in [6.45, 7) is 11.3. The number of hydrogen-bond acceptors (Lipinski definition) is 5. The molecule has 0 aliphatic carbocycles. The van der Waals surface area contributed by atoms with Crippen molar-refractivity contribution in [1.82, 2.24) is 20.1 Å². The number of nitrogens with one attached hydrogen (secondary N) is 1. The molecule has 0 bridgehead atoms. The van der Waals surface area contributed by atoms with Gasteiger partial charge in [0, 0.05) is 24.9 Å². The molecule has 1 heterocycles. The maximum absolute atomic E-state index is 12.4. The number of carboxylic acids is 1. The van der Waals surface area contributed by atoms with Crippen molar-refractivity contribution in [3.8, 4) is 0 Å². The van der Waals surface area contributed by atoms with Gasteiger partial charge in [0.2, 0.25) is 0 Å². The fourth-order valence-corrected chi connectivity index (χ4v) is 3.60. The van der Waals surface area contributed by atoms with Crippen molar-refractivity contribution in [2.45, 2.75) is 65.5 Å². The summed E-state index contributed by atoms with van der Waals surface area (Å²) < 4.78 is 0. The van der Waals surface area contributed by atoms with E-state index in [-0.39, 0.29) is 6.03 Å². The van der Waals surface area contributed by atoms with E-state index < -0.39 is 12.0 Å². The topological polar surface area (TPSA) is 85.8 Å². The van der Waals surface area contributed by atoms with Gasteiger partial charge in [-0.15, -0.1) is 11.3 Å². The Bertz CT molecular complexity index is 585. The van der Waals surface area contributed by atoms with Crippen molar-refractivity contribution in [3.63, 3.8) is 0 Å². The third-order valence-electron chi connectivity index (χ3n) is 4.22. The number of carboxylic acid groups (broad SMARTS) is 1. The van der Waals surface area contributed by atoms with Crippen LogP contribution in [0.5, 0.6) is 0 Å². The van der Waals surface area contributed by atoms with E-state index in [0.29, 0.717) is 25.4 Å². The summed E-state index contributed by atoms with van der Waals surface area (Å²) in [5, 5.41) is 15.1. The molecule has 0 fully saturated rings. The molecule has 0 aromatic carbocycles. The van der Waals surface area contributed by atoms with Crippen LogP contribution in [-0.2, 0) is 11.3 Å². The smallest absolute Gasteiger partial charge is 0.326 e. The molecule has 0 aliphatic heterocycles. The van der Waals surface area contributed by atoms with Crippen molar-refractivity contribution in [2.24, 2.45) is 0 Å². The summed E-state index contributed by atoms with van der Waals surface area (Å²) in [6, 6.07) is -1.28. The van der Waals surface area contributed by atoms with Crippen LogP contribution in [0.15, 0.2) is 5.38 Å². The largest absolute Gasteiger partial charge is 0.480 e. The lowest BCUT2D eigenvalue weighted by Gasteiger charge is -2.25. The summed E-state index contributed by atoms with van der Waals surface area (Å²) in [4.78, 5) is 32.2. The minimum atomic E-state index is -1.000. The van der Waals surface area contributed by atoms with E-state index >= 15 is 0 Å². The van der Waals surface area contributed by atoms with Gasteiger partial charge in [-0.1, -0.05) is 27.7 Å². The van der Waals surface area contributed by atoms with Gasteiger partial charge in [0.25, 0.3) is 0 Å². The molecule has 154 valence electrons. The molecule has 2 amide bonds. The summed E-state index contributed by atoms with van der Waals surface area (Å²) in [5.41, 5.74) is 0.824. The molecule has 1 aromatic heterocycles. The van der Waals surface area contributed by atoms with Gasteiger partial charge < -0.3 is 20.2 Å². The van der Waals surface area contributed by atoms with Crippen molar-refractivity contribution < 1.29 is 14.7 Å². The first-order chi connectivity index (χ1) is 12.8. The fourth-order valence-electron chi connectivity index (χ4n) is 2.77. The molecule has 1 rings (SSSR count). The maximum atomic E-state index is 12.4. The Hall–Kier alpha value is -1.67. The summed E-state index contributed by atoms with van der Waals surface area (Å²) >= 11 is 1.58. The van der Waals surface area contributed by atoms with E-state index in [1.54, 1.807) is 18.4 Å². The SMILES string of the molecule is CCCN(CCC)CC[C@H](NC(=O)N(C)Cc1csc(C(C)C)n1)C(=O)O. The second-order valence-corrected chi connectivity index (χ2v) is 8.05. The lowest BCUT2D eigenvalue weighted by molar-refractivity contribution is -0.139. The minimum absolute atomic E-state index is 0.355. The second-order valence-electron chi connectivity index (χ2n) is 7.16. The normalized spacial score (nSPS) is 12.4. The molecule has 0 unspecified atom stereocenters. The first-order valence-corrected chi connectivity index (χ1v) is 10.6. The standard InChI is InChI=1S/C19H34N4O3S/c1-6-9-23(10-7-2)11-8-16(18(24)25)21-19(26)22(5)12-15-13-27-17(20-15)14(3)4/h13-14,16H,6-12H2,1-5H3,(H,21,26)(H,24,25)/t16-/m0/s1. The Labute approximate surface area is 166 Å². The number of aromatic nitrogens is 1. The highest BCUT2D eigenvalue weighted by molar-refractivity contribution is 7.09. The lowest BCUT2D eigenvalue weighted by Crippen LogP contribution is -2.47. The molecule has 8 heteroatoms. The van der Waals surface area contributed by atoms with Crippen molar-refractivity contribution in [1.29, 1.82) is 0 Å². The third kappa shape index (κ3) is 8.26. The summed E-state index contributed by atoms with van der Waals surface area (Å²) in [5.74, 6) is -0.645. The Balaban J connectivity index is 2.58. The molecule has 0 saturated carbocycles. The maximum Gasteiger partial charge on any atom is 0.326 e. The molecule has 0 radical (unpaired) electrons. The Kier molecular flexibility index (Phi) is 10.3. The lowest BCUT2D eigenvalue weighted by atomic mass is 10.2. The zero-order chi connectivity index (χ0) is 20.4. The number of aliphatic carboxylic acids is 1. The van der Waals surface area contributed by atoms with Crippen LogP contribution in [0.25, 0.3) is 0 Å². The van der Waals surface area contributed by atoms with E-state index in [4.69, 9.17) is 0 Å². The van der Waals surface area contributed by atoms with Crippen LogP contribution < -0.4 is 5.32 Å². The number of carbonyl (C=O) groups is 2. The zero-order valence-electron chi connectivity index (χ0n) is 17.2. The van der Waals surface area contributed by atoms with E-state index in [9.17, 15) is 14.7 Å². The van der Waals surface area contributed by atoms with Crippen molar-refractivity contribution in [2.75, 3.05) is 26.7 Å². The van der Waals surface area contributed by atoms with Gasteiger partial charge in [-0.2, -0.15) is 0 Å². The molecule has 0 saturated heterocycles. The number of nitrogens with zero attached hydrogens (tertiary/aromatic N) is 3. The van der Waals surface area contributed by atoms with Gasteiger partial charge >= 0.3 is 12.0 Å². The first-order valence-electron chi connectivity index (χ1n) is 9.69. The highest BCUT2D eigenvalue weighted by Crippen LogP contribution is 2.19. The average molecular weight is 399 g/mol. The molecular formula is C19H34N4O3S. The van der Waals surface area contributed by atoms with Gasteiger partial charge in [0.05, 0.1) is 17.2 Å². The van der Waals surface area contributed by atoms with E-state index in [2.05, 4.69) is 42.9 Å². The molecule has 1 aromatic rings. The van der Waals surface area contributed by atoms with Crippen LogP contribution >= 0.6 is 11.3 Å². The molecule has 0 aliphatic rings. The minimum Gasteiger partial charge on any atom is -0.480 e. The predicted molar refractivity (Wildman–Crippen MR) is 109 cm³/mol. The summed E-state index contributed by atoms with van der Waals surface area (Å²) in [7, 11) is 1.66. The van der Waals surface area contributed by atoms with Crippen molar-refractivity contribution in [3.05, 3.63) is 16.1 Å². The third-order valence-corrected chi connectivity index (χ3v) is 5.41. The molecule has 27 heavy (non-hydrogen) atoms. The van der Waals surface area contributed by atoms with Crippen LogP contribution in [-0.4, -0.2) is 64.6 Å². The highest BCUT2D eigenvalue weighted by Gasteiger charge is 2.23. The molecule has 2 N–H and O–H groups in total. The Morgan fingerprint density at radius 1 is 1.22 bits per heavy atom. The van der Waals surface area contributed by atoms with Crippen LogP contribution in [0, 0.1) is 0 Å². The number of thiazole rings is 1. The van der Waals surface area contributed by atoms with Gasteiger partial charge in [0.15, 0.2) is 0 Å². The van der Waals surface area contributed by atoms with Crippen LogP contribution in [0.2, 0.25) is 0 Å². The number of carbonyl (C=O) groups excluding carboxylic acids is 1. The number of rotatable bonds is 12. The number of hydrogen-bond donors (Lipinski definition) is 2. The molecular weight excluding hydrogens is 364 g/mol. The molecule has 0 spiro atoms. The van der Waals surface area contributed by atoms with Crippen LogP contribution in [0.4, 0.5) is 4.79 Å². The van der Waals surface area contributed by atoms with Gasteiger partial charge in [-0.05, 0) is 32.4 Å². The summed E-state index contributed by atoms with van der Waals surface area (Å²) in [6.07, 6.45) is 2.45. The second kappa shape index (κ2) is 11.9. The zero-order valence-corrected chi connectivity index (χ0v) is 18.0. The number of urea groups is 1. The average Bonchev–Trinajstić information content (AvgIpc) is 3.07. The first kappa shape index (κ1) is 23.4. The van der Waals surface area contributed by atoms with Gasteiger partial charge in [-0.3, -0.25) is 0 Å². The monoisotopic (exact) mass is 398 g/mol. The Morgan fingerprint density at radius 2 is 1.85 bits per heavy atom. The van der Waals surface area contributed by atoms with Crippen molar-refractivity contribution >= 4 is 23.3 Å². The van der Waals surface area contributed by atoms with E-state index in [1.807, 2.05) is 5.38 Å². The van der Waals surface area contributed by atoms with E-state index in [0.717, 1.165) is 36.6 Å². The number of amides is 2. The molecule has 7 nitrogen and oxygen atoms in total. The van der Waals surface area contributed by atoms with Crippen LogP contribution in [0.1, 0.15) is 63.6 Å². The Morgan fingerprint density at radius 3 is 2.33 bits per heavy atom. The van der Waals surface area contributed by atoms with Crippen LogP contribution in [0.3, 0.4) is 0 Å². The highest BCUT2D eigenvalue weighted by atomic mass is 32.1. The quantitative estimate of drug-likeness (QED) is 0.564. The fraction of sp³-hybridized carbons (Fsp3) is 0.737.